The average Bonchev–Trinajstić information content (AvgIpc) is 2.17. The lowest BCUT2D eigenvalue weighted by molar-refractivity contribution is 0.461. The van der Waals surface area contributed by atoms with Crippen molar-refractivity contribution in [2.75, 3.05) is 6.54 Å². The van der Waals surface area contributed by atoms with E-state index in [1.54, 1.807) is 6.07 Å². The number of benzene rings is 1. The van der Waals surface area contributed by atoms with Gasteiger partial charge < -0.3 is 10.4 Å². The van der Waals surface area contributed by atoms with Crippen LogP contribution in [0.3, 0.4) is 0 Å². The number of nitrogens with one attached hydrogen (secondary N) is 1. The van der Waals surface area contributed by atoms with E-state index in [4.69, 9.17) is 0 Å². The summed E-state index contributed by atoms with van der Waals surface area (Å²) in [6.07, 6.45) is 1.16. The topological polar surface area (TPSA) is 32.3 Å². The highest BCUT2D eigenvalue weighted by molar-refractivity contribution is 9.10. The molecule has 0 unspecified atom stereocenters. The molecule has 1 aromatic rings. The predicted molar refractivity (Wildman–Crippen MR) is 67.0 cm³/mol. The zero-order valence-electron chi connectivity index (χ0n) is 9.26. The zero-order chi connectivity index (χ0) is 11.3. The monoisotopic (exact) mass is 271 g/mol. The number of phenols is 1. The van der Waals surface area contributed by atoms with Crippen LogP contribution in [0.2, 0.25) is 0 Å². The van der Waals surface area contributed by atoms with Crippen LogP contribution in [0.1, 0.15) is 25.8 Å². The van der Waals surface area contributed by atoms with Gasteiger partial charge in [0.15, 0.2) is 0 Å². The molecule has 0 saturated heterocycles. The Hall–Kier alpha value is -0.540. The van der Waals surface area contributed by atoms with E-state index in [9.17, 15) is 5.11 Å². The molecular weight excluding hydrogens is 254 g/mol. The molecule has 15 heavy (non-hydrogen) atoms. The van der Waals surface area contributed by atoms with Crippen molar-refractivity contribution in [2.45, 2.75) is 26.8 Å². The van der Waals surface area contributed by atoms with Gasteiger partial charge in [-0.2, -0.15) is 0 Å². The maximum atomic E-state index is 9.58. The molecule has 0 fully saturated rings. The van der Waals surface area contributed by atoms with E-state index in [1.165, 1.54) is 0 Å². The SMILES string of the molecule is CC(C)CCNCc1cc(Br)ccc1O. The van der Waals surface area contributed by atoms with Gasteiger partial charge in [-0.3, -0.25) is 0 Å². The highest BCUT2D eigenvalue weighted by Crippen LogP contribution is 2.21. The van der Waals surface area contributed by atoms with Crippen molar-refractivity contribution >= 4 is 15.9 Å². The first-order chi connectivity index (χ1) is 7.09. The zero-order valence-corrected chi connectivity index (χ0v) is 10.8. The maximum absolute atomic E-state index is 9.58. The summed E-state index contributed by atoms with van der Waals surface area (Å²) in [4.78, 5) is 0. The van der Waals surface area contributed by atoms with Crippen LogP contribution in [-0.4, -0.2) is 11.7 Å². The Bertz CT molecular complexity index is 312. The van der Waals surface area contributed by atoms with Crippen LogP contribution in [0.4, 0.5) is 0 Å². The van der Waals surface area contributed by atoms with Gasteiger partial charge in [0.25, 0.3) is 0 Å². The molecule has 0 radical (unpaired) electrons. The van der Waals surface area contributed by atoms with Gasteiger partial charge in [0.05, 0.1) is 0 Å². The van der Waals surface area contributed by atoms with Crippen LogP contribution in [0, 0.1) is 5.92 Å². The Morgan fingerprint density at radius 2 is 2.13 bits per heavy atom. The Morgan fingerprint density at radius 1 is 1.40 bits per heavy atom. The molecule has 0 heterocycles. The van der Waals surface area contributed by atoms with Gasteiger partial charge >= 0.3 is 0 Å². The minimum atomic E-state index is 0.357. The molecule has 0 saturated carbocycles. The van der Waals surface area contributed by atoms with E-state index in [2.05, 4.69) is 35.1 Å². The van der Waals surface area contributed by atoms with Crippen LogP contribution in [0.5, 0.6) is 5.75 Å². The van der Waals surface area contributed by atoms with Gasteiger partial charge in [-0.05, 0) is 37.1 Å². The van der Waals surface area contributed by atoms with E-state index in [-0.39, 0.29) is 0 Å². The number of hydrogen-bond acceptors (Lipinski definition) is 2. The highest BCUT2D eigenvalue weighted by atomic mass is 79.9. The minimum Gasteiger partial charge on any atom is -0.508 e. The molecule has 0 bridgehead atoms. The second kappa shape index (κ2) is 6.13. The fraction of sp³-hybridized carbons (Fsp3) is 0.500. The van der Waals surface area contributed by atoms with E-state index < -0.39 is 0 Å². The molecule has 0 amide bonds. The minimum absolute atomic E-state index is 0.357. The average molecular weight is 272 g/mol. The molecule has 84 valence electrons. The molecule has 1 aromatic carbocycles. The van der Waals surface area contributed by atoms with Crippen molar-refractivity contribution in [1.29, 1.82) is 0 Å². The number of hydrogen-bond donors (Lipinski definition) is 2. The van der Waals surface area contributed by atoms with Crippen molar-refractivity contribution in [3.8, 4) is 5.75 Å². The second-order valence-electron chi connectivity index (χ2n) is 4.13. The van der Waals surface area contributed by atoms with Crippen LogP contribution in [-0.2, 0) is 6.54 Å². The van der Waals surface area contributed by atoms with Crippen LogP contribution >= 0.6 is 15.9 Å². The van der Waals surface area contributed by atoms with Crippen molar-refractivity contribution in [2.24, 2.45) is 5.92 Å². The van der Waals surface area contributed by atoms with Gasteiger partial charge in [0, 0.05) is 16.6 Å². The second-order valence-corrected chi connectivity index (χ2v) is 5.05. The van der Waals surface area contributed by atoms with Crippen molar-refractivity contribution in [3.63, 3.8) is 0 Å². The third-order valence-electron chi connectivity index (χ3n) is 2.26. The number of aromatic hydroxyl groups is 1. The third kappa shape index (κ3) is 4.67. The lowest BCUT2D eigenvalue weighted by atomic mass is 10.1. The van der Waals surface area contributed by atoms with Crippen LogP contribution in [0.25, 0.3) is 0 Å². The Labute approximate surface area is 99.8 Å². The molecule has 0 aliphatic carbocycles. The summed E-state index contributed by atoms with van der Waals surface area (Å²) in [6.45, 7) is 6.12. The number of phenolic OH excluding ortho intramolecular Hbond substituents is 1. The Morgan fingerprint density at radius 3 is 2.80 bits per heavy atom. The van der Waals surface area contributed by atoms with Crippen LogP contribution in [0.15, 0.2) is 22.7 Å². The third-order valence-corrected chi connectivity index (χ3v) is 2.75. The van der Waals surface area contributed by atoms with Crippen LogP contribution < -0.4 is 5.32 Å². The molecule has 0 atom stereocenters. The molecule has 1 rings (SSSR count). The fourth-order valence-electron chi connectivity index (χ4n) is 1.31. The van der Waals surface area contributed by atoms with E-state index in [0.29, 0.717) is 11.7 Å². The first kappa shape index (κ1) is 12.5. The van der Waals surface area contributed by atoms with E-state index >= 15 is 0 Å². The number of rotatable bonds is 5. The molecule has 2 N–H and O–H groups in total. The molecular formula is C12H18BrNO. The van der Waals surface area contributed by atoms with Gasteiger partial charge in [-0.1, -0.05) is 29.8 Å². The lowest BCUT2D eigenvalue weighted by Gasteiger charge is -2.08. The summed E-state index contributed by atoms with van der Waals surface area (Å²) < 4.78 is 1.00. The number of halogens is 1. The standard InChI is InChI=1S/C12H18BrNO/c1-9(2)5-6-14-8-10-7-11(13)3-4-12(10)15/h3-4,7,9,14-15H,5-6,8H2,1-2H3. The van der Waals surface area contributed by atoms with Crippen molar-refractivity contribution in [1.82, 2.24) is 5.32 Å². The first-order valence-corrected chi connectivity index (χ1v) is 6.07. The molecule has 3 heteroatoms. The molecule has 0 spiro atoms. The predicted octanol–water partition coefficient (Wildman–Crippen LogP) is 3.29. The Balaban J connectivity index is 2.40. The molecule has 0 aromatic heterocycles. The van der Waals surface area contributed by atoms with Gasteiger partial charge in [0.1, 0.15) is 5.75 Å². The van der Waals surface area contributed by atoms with Crippen molar-refractivity contribution < 1.29 is 5.11 Å². The maximum Gasteiger partial charge on any atom is 0.120 e. The molecule has 2 nitrogen and oxygen atoms in total. The van der Waals surface area contributed by atoms with Crippen molar-refractivity contribution in [3.05, 3.63) is 28.2 Å². The normalized spacial score (nSPS) is 10.9. The van der Waals surface area contributed by atoms with Gasteiger partial charge in [-0.15, -0.1) is 0 Å². The first-order valence-electron chi connectivity index (χ1n) is 5.27. The quantitative estimate of drug-likeness (QED) is 0.806. The van der Waals surface area contributed by atoms with E-state index in [1.807, 2.05) is 12.1 Å². The molecule has 0 aliphatic heterocycles. The fourth-order valence-corrected chi connectivity index (χ4v) is 1.72. The van der Waals surface area contributed by atoms with Gasteiger partial charge in [-0.25, -0.2) is 0 Å². The summed E-state index contributed by atoms with van der Waals surface area (Å²) in [5.41, 5.74) is 0.938. The summed E-state index contributed by atoms with van der Waals surface area (Å²) >= 11 is 3.39. The largest absolute Gasteiger partial charge is 0.508 e. The Kier molecular flexibility index (Phi) is 5.12. The summed E-state index contributed by atoms with van der Waals surface area (Å²) in [5, 5.41) is 12.9. The summed E-state index contributed by atoms with van der Waals surface area (Å²) in [5.74, 6) is 1.07. The summed E-state index contributed by atoms with van der Waals surface area (Å²) in [7, 11) is 0. The van der Waals surface area contributed by atoms with Gasteiger partial charge in [0.2, 0.25) is 0 Å². The highest BCUT2D eigenvalue weighted by Gasteiger charge is 2.01. The summed E-state index contributed by atoms with van der Waals surface area (Å²) in [6, 6.07) is 5.49. The smallest absolute Gasteiger partial charge is 0.120 e. The van der Waals surface area contributed by atoms with E-state index in [0.717, 1.165) is 29.5 Å². The molecule has 0 aliphatic rings. The lowest BCUT2D eigenvalue weighted by Crippen LogP contribution is -2.16.